The van der Waals surface area contributed by atoms with E-state index in [-0.39, 0.29) is 30.1 Å². The van der Waals surface area contributed by atoms with Gasteiger partial charge < -0.3 is 16.0 Å². The quantitative estimate of drug-likeness (QED) is 0.865. The molecule has 1 fully saturated rings. The van der Waals surface area contributed by atoms with Crippen LogP contribution in [-0.2, 0) is 4.79 Å². The van der Waals surface area contributed by atoms with E-state index in [1.807, 2.05) is 29.7 Å². The van der Waals surface area contributed by atoms with Gasteiger partial charge in [0.2, 0.25) is 5.91 Å². The summed E-state index contributed by atoms with van der Waals surface area (Å²) in [5.41, 5.74) is 7.79. The van der Waals surface area contributed by atoms with Crippen molar-refractivity contribution >= 4 is 41.7 Å². The number of nitrogens with two attached hydrogens (primary N) is 1. The maximum absolute atomic E-state index is 12.5. The first-order chi connectivity index (χ1) is 10.5. The van der Waals surface area contributed by atoms with Crippen molar-refractivity contribution < 1.29 is 9.59 Å². The highest BCUT2D eigenvalue weighted by molar-refractivity contribution is 7.99. The minimum Gasteiger partial charge on any atom is -0.337 e. The van der Waals surface area contributed by atoms with E-state index in [1.54, 1.807) is 19.1 Å². The predicted molar refractivity (Wildman–Crippen MR) is 98.5 cm³/mol. The number of hydrogen-bond acceptors (Lipinski definition) is 4. The molecule has 1 unspecified atom stereocenters. The van der Waals surface area contributed by atoms with Gasteiger partial charge in [0.15, 0.2) is 0 Å². The highest BCUT2D eigenvalue weighted by Crippen LogP contribution is 2.20. The Morgan fingerprint density at radius 3 is 2.57 bits per heavy atom. The molecular weight excluding hydrogens is 334 g/mol. The van der Waals surface area contributed by atoms with Crippen LogP contribution in [0.2, 0.25) is 0 Å². The fraction of sp³-hybridized carbons (Fsp3) is 0.500. The van der Waals surface area contributed by atoms with Crippen molar-refractivity contribution in [1.82, 2.24) is 4.90 Å². The van der Waals surface area contributed by atoms with E-state index in [4.69, 9.17) is 5.73 Å². The summed E-state index contributed by atoms with van der Waals surface area (Å²) in [6.45, 7) is 5.60. The molecule has 5 nitrogen and oxygen atoms in total. The lowest BCUT2D eigenvalue weighted by molar-refractivity contribution is -0.119. The summed E-state index contributed by atoms with van der Waals surface area (Å²) in [6.07, 6.45) is 0. The lowest BCUT2D eigenvalue weighted by Gasteiger charge is -2.26. The Hall–Kier alpha value is -1.24. The van der Waals surface area contributed by atoms with Gasteiger partial charge in [-0.2, -0.15) is 11.8 Å². The molecule has 0 radical (unpaired) electrons. The number of hydrogen-bond donors (Lipinski definition) is 2. The molecule has 0 aromatic heterocycles. The summed E-state index contributed by atoms with van der Waals surface area (Å²) < 4.78 is 0. The second-order valence-electron chi connectivity index (χ2n) is 5.56. The zero-order valence-electron chi connectivity index (χ0n) is 13.5. The highest BCUT2D eigenvalue weighted by atomic mass is 35.5. The number of benzene rings is 1. The molecule has 0 spiro atoms. The molecule has 1 aliphatic rings. The maximum atomic E-state index is 12.5. The highest BCUT2D eigenvalue weighted by Gasteiger charge is 2.19. The lowest BCUT2D eigenvalue weighted by atomic mass is 10.1. The van der Waals surface area contributed by atoms with Gasteiger partial charge in [0.05, 0.1) is 0 Å². The third-order valence-corrected chi connectivity index (χ3v) is 4.77. The summed E-state index contributed by atoms with van der Waals surface area (Å²) >= 11 is 1.88. The van der Waals surface area contributed by atoms with Crippen molar-refractivity contribution in [1.29, 1.82) is 0 Å². The molecule has 23 heavy (non-hydrogen) atoms. The second kappa shape index (κ2) is 9.15. The van der Waals surface area contributed by atoms with Crippen LogP contribution in [0.5, 0.6) is 0 Å². The van der Waals surface area contributed by atoms with Crippen molar-refractivity contribution in [2.24, 2.45) is 11.7 Å². The van der Waals surface area contributed by atoms with E-state index in [9.17, 15) is 9.59 Å². The molecule has 1 aliphatic heterocycles. The summed E-state index contributed by atoms with van der Waals surface area (Å²) in [5, 5.41) is 2.86. The van der Waals surface area contributed by atoms with Gasteiger partial charge in [0.25, 0.3) is 5.91 Å². The van der Waals surface area contributed by atoms with E-state index in [1.165, 1.54) is 0 Å². The first kappa shape index (κ1) is 19.8. The number of amides is 2. The normalized spacial score (nSPS) is 15.5. The summed E-state index contributed by atoms with van der Waals surface area (Å²) in [6, 6.07) is 5.41. The van der Waals surface area contributed by atoms with E-state index in [0.29, 0.717) is 12.1 Å². The van der Waals surface area contributed by atoms with Crippen molar-refractivity contribution in [3.63, 3.8) is 0 Å². The molecule has 1 aromatic carbocycles. The Morgan fingerprint density at radius 1 is 1.35 bits per heavy atom. The Morgan fingerprint density at radius 2 is 2.00 bits per heavy atom. The smallest absolute Gasteiger partial charge is 0.253 e. The minimum atomic E-state index is -0.230. The SMILES string of the molecule is Cc1cc(C(=O)N2CCSCC2)ccc1NC(=O)C(C)CN.Cl. The molecular formula is C16H24ClN3O2S. The first-order valence-electron chi connectivity index (χ1n) is 7.51. The molecule has 2 amide bonds. The van der Waals surface area contributed by atoms with Gasteiger partial charge in [-0.3, -0.25) is 9.59 Å². The van der Waals surface area contributed by atoms with Gasteiger partial charge in [-0.05, 0) is 30.7 Å². The van der Waals surface area contributed by atoms with Crippen LogP contribution in [0.15, 0.2) is 18.2 Å². The summed E-state index contributed by atoms with van der Waals surface area (Å²) in [7, 11) is 0. The molecule has 128 valence electrons. The standard InChI is InChI=1S/C16H23N3O2S.ClH/c1-11-9-13(16(21)19-5-7-22-8-6-19)3-4-14(11)18-15(20)12(2)10-17;/h3-4,9,12H,5-8,10,17H2,1-2H3,(H,18,20);1H. The predicted octanol–water partition coefficient (Wildman–Crippen LogP) is 2.14. The van der Waals surface area contributed by atoms with Crippen molar-refractivity contribution in [3.8, 4) is 0 Å². The van der Waals surface area contributed by atoms with Crippen molar-refractivity contribution in [2.45, 2.75) is 13.8 Å². The molecule has 0 bridgehead atoms. The van der Waals surface area contributed by atoms with E-state index >= 15 is 0 Å². The number of nitrogens with one attached hydrogen (secondary N) is 1. The summed E-state index contributed by atoms with van der Waals surface area (Å²) in [5.74, 6) is 1.73. The van der Waals surface area contributed by atoms with Crippen LogP contribution in [0, 0.1) is 12.8 Å². The van der Waals surface area contributed by atoms with Crippen molar-refractivity contribution in [2.75, 3.05) is 36.5 Å². The van der Waals surface area contributed by atoms with Gasteiger partial charge in [0.1, 0.15) is 0 Å². The van der Waals surface area contributed by atoms with Gasteiger partial charge in [-0.25, -0.2) is 0 Å². The molecule has 7 heteroatoms. The molecule has 2 rings (SSSR count). The number of halogens is 1. The number of rotatable bonds is 4. The van der Waals surface area contributed by atoms with Crippen LogP contribution < -0.4 is 11.1 Å². The summed E-state index contributed by atoms with van der Waals surface area (Å²) in [4.78, 5) is 26.2. The maximum Gasteiger partial charge on any atom is 0.253 e. The Bertz CT molecular complexity index is 562. The van der Waals surface area contributed by atoms with Gasteiger partial charge in [-0.15, -0.1) is 12.4 Å². The van der Waals surface area contributed by atoms with E-state index < -0.39 is 0 Å². The molecule has 3 N–H and O–H groups in total. The van der Waals surface area contributed by atoms with Crippen LogP contribution in [0.1, 0.15) is 22.8 Å². The monoisotopic (exact) mass is 357 g/mol. The Labute approximate surface area is 147 Å². The van der Waals surface area contributed by atoms with E-state index in [0.717, 1.165) is 35.8 Å². The third-order valence-electron chi connectivity index (χ3n) is 3.83. The number of carbonyl (C=O) groups is 2. The van der Waals surface area contributed by atoms with Crippen LogP contribution in [0.25, 0.3) is 0 Å². The molecule has 1 heterocycles. The number of anilines is 1. The Kier molecular flexibility index (Phi) is 7.88. The minimum absolute atomic E-state index is 0. The number of thioether (sulfide) groups is 1. The molecule has 1 aromatic rings. The molecule has 1 saturated heterocycles. The van der Waals surface area contributed by atoms with Crippen LogP contribution in [0.4, 0.5) is 5.69 Å². The first-order valence-corrected chi connectivity index (χ1v) is 8.67. The van der Waals surface area contributed by atoms with Gasteiger partial charge in [-0.1, -0.05) is 6.92 Å². The van der Waals surface area contributed by atoms with Crippen LogP contribution in [-0.4, -0.2) is 47.9 Å². The van der Waals surface area contributed by atoms with Crippen molar-refractivity contribution in [3.05, 3.63) is 29.3 Å². The average Bonchev–Trinajstić information content (AvgIpc) is 2.55. The third kappa shape index (κ3) is 5.12. The molecule has 1 atom stereocenters. The van der Waals surface area contributed by atoms with Crippen LogP contribution >= 0.6 is 24.2 Å². The second-order valence-corrected chi connectivity index (χ2v) is 6.79. The largest absolute Gasteiger partial charge is 0.337 e. The van der Waals surface area contributed by atoms with E-state index in [2.05, 4.69) is 5.32 Å². The number of aryl methyl sites for hydroxylation is 1. The number of nitrogens with zero attached hydrogens (tertiary/aromatic N) is 1. The number of carbonyl (C=O) groups excluding carboxylic acids is 2. The lowest BCUT2D eigenvalue weighted by Crippen LogP contribution is -2.37. The topological polar surface area (TPSA) is 75.4 Å². The zero-order valence-corrected chi connectivity index (χ0v) is 15.1. The fourth-order valence-corrected chi connectivity index (χ4v) is 3.15. The fourth-order valence-electron chi connectivity index (χ4n) is 2.25. The Balaban J connectivity index is 0.00000264. The molecule has 0 saturated carbocycles. The van der Waals surface area contributed by atoms with Gasteiger partial charge >= 0.3 is 0 Å². The zero-order chi connectivity index (χ0) is 16.1. The molecule has 0 aliphatic carbocycles. The van der Waals surface area contributed by atoms with Crippen LogP contribution in [0.3, 0.4) is 0 Å². The average molecular weight is 358 g/mol. The van der Waals surface area contributed by atoms with Gasteiger partial charge in [0, 0.05) is 48.3 Å².